The second-order valence-corrected chi connectivity index (χ2v) is 6.07. The van der Waals surface area contributed by atoms with Crippen molar-refractivity contribution in [1.82, 2.24) is 0 Å². The summed E-state index contributed by atoms with van der Waals surface area (Å²) in [5.74, 6) is 0.663. The summed E-state index contributed by atoms with van der Waals surface area (Å²) in [6, 6.07) is 10.5. The van der Waals surface area contributed by atoms with Crippen molar-refractivity contribution in [3.8, 4) is 0 Å². The highest BCUT2D eigenvalue weighted by Crippen LogP contribution is 2.41. The van der Waals surface area contributed by atoms with Crippen molar-refractivity contribution in [2.24, 2.45) is 0 Å². The van der Waals surface area contributed by atoms with E-state index in [2.05, 4.69) is 36.6 Å². The minimum Gasteiger partial charge on any atom is -0.383 e. The molecule has 1 aromatic carbocycles. The molecule has 1 N–H and O–H groups in total. The van der Waals surface area contributed by atoms with Gasteiger partial charge in [-0.25, -0.2) is 0 Å². The first kappa shape index (κ1) is 11.9. The Labute approximate surface area is 112 Å². The molecule has 1 aromatic heterocycles. The Morgan fingerprint density at radius 1 is 1.22 bits per heavy atom. The maximum Gasteiger partial charge on any atom is 0.114 e. The Bertz CT molecular complexity index is 540. The number of benzene rings is 1. The molecule has 1 atom stereocenters. The molecule has 2 aromatic rings. The Hall–Kier alpha value is -1.12. The first-order valence-electron chi connectivity index (χ1n) is 6.58. The van der Waals surface area contributed by atoms with Crippen molar-refractivity contribution in [1.29, 1.82) is 0 Å². The van der Waals surface area contributed by atoms with E-state index >= 15 is 0 Å². The van der Waals surface area contributed by atoms with Crippen molar-refractivity contribution in [3.05, 3.63) is 57.3 Å². The van der Waals surface area contributed by atoms with E-state index in [-0.39, 0.29) is 0 Å². The molecule has 1 heterocycles. The summed E-state index contributed by atoms with van der Waals surface area (Å²) in [5.41, 5.74) is 3.65. The first-order chi connectivity index (χ1) is 8.77. The molecule has 1 saturated carbocycles. The Morgan fingerprint density at radius 2 is 2.00 bits per heavy atom. The Morgan fingerprint density at radius 3 is 2.61 bits per heavy atom. The fraction of sp³-hybridized carbons (Fsp3) is 0.375. The molecular weight excluding hydrogens is 240 g/mol. The number of aliphatic hydroxyl groups is 1. The molecule has 0 aliphatic heterocycles. The van der Waals surface area contributed by atoms with E-state index in [1.807, 2.05) is 6.07 Å². The number of thiophene rings is 1. The largest absolute Gasteiger partial charge is 0.383 e. The molecule has 1 unspecified atom stereocenters. The monoisotopic (exact) mass is 258 g/mol. The van der Waals surface area contributed by atoms with Gasteiger partial charge in [0.25, 0.3) is 0 Å². The van der Waals surface area contributed by atoms with Crippen molar-refractivity contribution in [2.45, 2.75) is 38.2 Å². The van der Waals surface area contributed by atoms with Crippen LogP contribution in [-0.2, 0) is 0 Å². The van der Waals surface area contributed by atoms with Gasteiger partial charge in [0.2, 0.25) is 0 Å². The highest BCUT2D eigenvalue weighted by molar-refractivity contribution is 7.10. The maximum absolute atomic E-state index is 10.6. The lowest BCUT2D eigenvalue weighted by Gasteiger charge is -2.29. The first-order valence-corrected chi connectivity index (χ1v) is 7.46. The van der Waals surface area contributed by atoms with Gasteiger partial charge in [0.05, 0.1) is 0 Å². The van der Waals surface area contributed by atoms with Crippen molar-refractivity contribution in [3.63, 3.8) is 0 Å². The van der Waals surface area contributed by atoms with Crippen LogP contribution in [0.15, 0.2) is 35.7 Å². The topological polar surface area (TPSA) is 20.2 Å². The smallest absolute Gasteiger partial charge is 0.114 e. The molecule has 1 aliphatic rings. The van der Waals surface area contributed by atoms with E-state index in [1.54, 1.807) is 11.3 Å². The summed E-state index contributed by atoms with van der Waals surface area (Å²) in [6.45, 7) is 2.07. The van der Waals surface area contributed by atoms with Gasteiger partial charge in [-0.05, 0) is 53.8 Å². The molecule has 94 valence electrons. The number of hydrogen-bond donors (Lipinski definition) is 1. The minimum absolute atomic E-state index is 0.457. The second-order valence-electron chi connectivity index (χ2n) is 5.13. The molecule has 0 spiro atoms. The molecule has 0 saturated heterocycles. The van der Waals surface area contributed by atoms with E-state index in [9.17, 15) is 5.11 Å². The molecule has 3 rings (SSSR count). The van der Waals surface area contributed by atoms with Crippen LogP contribution in [0.4, 0.5) is 0 Å². The van der Waals surface area contributed by atoms with E-state index in [4.69, 9.17) is 0 Å². The molecule has 1 fully saturated rings. The van der Waals surface area contributed by atoms with Gasteiger partial charge in [-0.2, -0.15) is 0 Å². The van der Waals surface area contributed by atoms with Gasteiger partial charge in [0.15, 0.2) is 0 Å². The third kappa shape index (κ3) is 2.00. The van der Waals surface area contributed by atoms with Crippen LogP contribution >= 0.6 is 11.3 Å². The molecule has 18 heavy (non-hydrogen) atoms. The summed E-state index contributed by atoms with van der Waals surface area (Å²) in [4.78, 5) is 1.08. The fourth-order valence-electron chi connectivity index (χ4n) is 2.66. The van der Waals surface area contributed by atoms with Gasteiger partial charge in [-0.15, -0.1) is 11.3 Å². The molecule has 1 nitrogen and oxygen atoms in total. The van der Waals surface area contributed by atoms with Crippen LogP contribution in [0.3, 0.4) is 0 Å². The third-order valence-electron chi connectivity index (χ3n) is 3.99. The predicted molar refractivity (Wildman–Crippen MR) is 76.2 cm³/mol. The van der Waals surface area contributed by atoms with Crippen molar-refractivity contribution in [2.75, 3.05) is 0 Å². The highest BCUT2D eigenvalue weighted by Gasteiger charge is 2.25. The fourth-order valence-corrected chi connectivity index (χ4v) is 3.59. The number of hydrogen-bond acceptors (Lipinski definition) is 2. The molecule has 1 aliphatic carbocycles. The van der Waals surface area contributed by atoms with Gasteiger partial charge >= 0.3 is 0 Å². The van der Waals surface area contributed by atoms with Crippen LogP contribution in [0.25, 0.3) is 0 Å². The summed E-state index contributed by atoms with van der Waals surface area (Å²) >= 11 is 1.65. The lowest BCUT2D eigenvalue weighted by Crippen LogP contribution is -2.13. The van der Waals surface area contributed by atoms with Crippen LogP contribution in [-0.4, -0.2) is 5.11 Å². The van der Waals surface area contributed by atoms with Crippen molar-refractivity contribution < 1.29 is 5.11 Å². The average Bonchev–Trinajstić information content (AvgIpc) is 2.73. The van der Waals surface area contributed by atoms with Crippen LogP contribution in [0.1, 0.15) is 52.9 Å². The molecule has 0 bridgehead atoms. The molecule has 2 heteroatoms. The van der Waals surface area contributed by atoms with Crippen LogP contribution in [0.2, 0.25) is 0 Å². The van der Waals surface area contributed by atoms with E-state index < -0.39 is 6.10 Å². The molecule has 0 radical (unpaired) electrons. The third-order valence-corrected chi connectivity index (χ3v) is 5.06. The number of aliphatic hydroxyl groups excluding tert-OH is 1. The van der Waals surface area contributed by atoms with E-state index in [0.29, 0.717) is 5.92 Å². The summed E-state index contributed by atoms with van der Waals surface area (Å²) < 4.78 is 0. The Kier molecular flexibility index (Phi) is 3.23. The Balaban J connectivity index is 1.98. The van der Waals surface area contributed by atoms with Gasteiger partial charge in [-0.3, -0.25) is 0 Å². The second kappa shape index (κ2) is 4.87. The predicted octanol–water partition coefficient (Wildman–Crippen LogP) is 4.41. The summed E-state index contributed by atoms with van der Waals surface area (Å²) in [7, 11) is 0. The van der Waals surface area contributed by atoms with Gasteiger partial charge in [0, 0.05) is 4.88 Å². The standard InChI is InChI=1S/C16H18OS/c1-11-9-10-18-16(11)15(17)14-8-3-2-7-13(14)12-5-4-6-12/h2-3,7-10,12,15,17H,4-6H2,1H3. The number of aryl methyl sites for hydroxylation is 1. The normalized spacial score (nSPS) is 17.4. The lowest BCUT2D eigenvalue weighted by molar-refractivity contribution is 0.220. The van der Waals surface area contributed by atoms with Crippen LogP contribution in [0, 0.1) is 6.92 Å². The zero-order valence-electron chi connectivity index (χ0n) is 10.6. The number of rotatable bonds is 3. The maximum atomic E-state index is 10.6. The SMILES string of the molecule is Cc1ccsc1C(O)c1ccccc1C1CCC1. The lowest BCUT2D eigenvalue weighted by atomic mass is 9.77. The van der Waals surface area contributed by atoms with Gasteiger partial charge in [-0.1, -0.05) is 30.7 Å². The minimum atomic E-state index is -0.457. The summed E-state index contributed by atoms with van der Waals surface area (Å²) in [5, 5.41) is 12.7. The van der Waals surface area contributed by atoms with Crippen LogP contribution < -0.4 is 0 Å². The molecule has 0 amide bonds. The summed E-state index contributed by atoms with van der Waals surface area (Å²) in [6.07, 6.45) is 3.41. The van der Waals surface area contributed by atoms with Gasteiger partial charge < -0.3 is 5.11 Å². The zero-order valence-corrected chi connectivity index (χ0v) is 11.4. The highest BCUT2D eigenvalue weighted by atomic mass is 32.1. The van der Waals surface area contributed by atoms with Crippen LogP contribution in [0.5, 0.6) is 0 Å². The zero-order chi connectivity index (χ0) is 12.5. The van der Waals surface area contributed by atoms with E-state index in [1.165, 1.54) is 30.4 Å². The van der Waals surface area contributed by atoms with Gasteiger partial charge in [0.1, 0.15) is 6.10 Å². The average molecular weight is 258 g/mol. The quantitative estimate of drug-likeness (QED) is 0.864. The molecular formula is C16H18OS. The van der Waals surface area contributed by atoms with E-state index in [0.717, 1.165) is 10.4 Å². The van der Waals surface area contributed by atoms with Crippen molar-refractivity contribution >= 4 is 11.3 Å².